The fourth-order valence-corrected chi connectivity index (χ4v) is 2.17. The highest BCUT2D eigenvalue weighted by Gasteiger charge is 2.28. The Morgan fingerprint density at radius 2 is 2.27 bits per heavy atom. The molecule has 1 N–H and O–H groups in total. The molecule has 76 valence electrons. The first-order valence-electron chi connectivity index (χ1n) is 4.87. The summed E-state index contributed by atoms with van der Waals surface area (Å²) in [5, 5.41) is 17.8. The lowest BCUT2D eigenvalue weighted by atomic mass is 9.99. The average Bonchev–Trinajstić information content (AvgIpc) is 2.63. The molecule has 0 unspecified atom stereocenters. The Kier molecular flexibility index (Phi) is 2.20. The molecule has 0 aromatic heterocycles. The number of hydrogen-bond donors (Lipinski definition) is 1. The average molecular weight is 201 g/mol. The van der Waals surface area contributed by atoms with E-state index in [2.05, 4.69) is 6.07 Å². The second-order valence-corrected chi connectivity index (χ2v) is 3.93. The van der Waals surface area contributed by atoms with Crippen molar-refractivity contribution in [3.05, 3.63) is 34.4 Å². The Labute approximate surface area is 88.0 Å². The quantitative estimate of drug-likeness (QED) is 0.751. The summed E-state index contributed by atoms with van der Waals surface area (Å²) in [6, 6.07) is 5.78. The maximum atomic E-state index is 10.9. The van der Waals surface area contributed by atoms with E-state index in [1.54, 1.807) is 6.07 Å². The van der Waals surface area contributed by atoms with E-state index in [1.807, 2.05) is 13.0 Å². The largest absolute Gasteiger partial charge is 0.481 e. The molecule has 1 aliphatic carbocycles. The summed E-state index contributed by atoms with van der Waals surface area (Å²) in [4.78, 5) is 10.9. The zero-order valence-electron chi connectivity index (χ0n) is 8.45. The molecule has 0 spiro atoms. The Morgan fingerprint density at radius 1 is 1.53 bits per heavy atom. The van der Waals surface area contributed by atoms with E-state index in [-0.39, 0.29) is 5.92 Å². The number of rotatable bonds is 1. The van der Waals surface area contributed by atoms with Crippen LogP contribution in [0.5, 0.6) is 0 Å². The molecular weight excluding hydrogens is 190 g/mol. The van der Waals surface area contributed by atoms with Crippen LogP contribution in [-0.4, -0.2) is 11.1 Å². The maximum Gasteiger partial charge on any atom is 0.307 e. The Hall–Kier alpha value is -1.82. The monoisotopic (exact) mass is 201 g/mol. The summed E-state index contributed by atoms with van der Waals surface area (Å²) < 4.78 is 0. The molecule has 0 heterocycles. The third-order valence-electron chi connectivity index (χ3n) is 3.08. The first-order valence-corrected chi connectivity index (χ1v) is 4.87. The fourth-order valence-electron chi connectivity index (χ4n) is 2.17. The van der Waals surface area contributed by atoms with Gasteiger partial charge in [0.25, 0.3) is 0 Å². The topological polar surface area (TPSA) is 61.1 Å². The molecule has 3 heteroatoms. The molecule has 0 bridgehead atoms. The summed E-state index contributed by atoms with van der Waals surface area (Å²) in [7, 11) is 0. The normalized spacial score (nSPS) is 18.3. The third-order valence-corrected chi connectivity index (χ3v) is 3.08. The van der Waals surface area contributed by atoms with Gasteiger partial charge in [0, 0.05) is 0 Å². The van der Waals surface area contributed by atoms with Crippen molar-refractivity contribution in [1.82, 2.24) is 0 Å². The number of nitrogens with zero attached hydrogens (tertiary/aromatic N) is 1. The third kappa shape index (κ3) is 1.48. The van der Waals surface area contributed by atoms with Gasteiger partial charge in [0.15, 0.2) is 0 Å². The van der Waals surface area contributed by atoms with Crippen molar-refractivity contribution < 1.29 is 9.90 Å². The van der Waals surface area contributed by atoms with Crippen LogP contribution in [0.4, 0.5) is 0 Å². The number of benzene rings is 1. The molecule has 0 aliphatic heterocycles. The minimum absolute atomic E-state index is 0.312. The summed E-state index contributed by atoms with van der Waals surface area (Å²) >= 11 is 0. The van der Waals surface area contributed by atoms with Gasteiger partial charge in [-0.25, -0.2) is 0 Å². The van der Waals surface area contributed by atoms with Gasteiger partial charge in [-0.2, -0.15) is 5.26 Å². The van der Waals surface area contributed by atoms with Crippen molar-refractivity contribution in [1.29, 1.82) is 5.26 Å². The van der Waals surface area contributed by atoms with Crippen LogP contribution in [-0.2, 0) is 17.6 Å². The number of aliphatic carboxylic acids is 1. The Bertz CT molecular complexity index is 471. The van der Waals surface area contributed by atoms with Crippen LogP contribution in [0.25, 0.3) is 0 Å². The maximum absolute atomic E-state index is 10.9. The summed E-state index contributed by atoms with van der Waals surface area (Å²) in [5.41, 5.74) is 3.74. The summed E-state index contributed by atoms with van der Waals surface area (Å²) in [6.45, 7) is 1.89. The standard InChI is InChI=1S/C12H11NO2/c1-7-9(6-13)3-2-8-4-10(12(14)15)5-11(7)8/h2-3,10H,4-5H2,1H3,(H,14,15)/t10-/m1/s1. The number of carboxylic acid groups (broad SMARTS) is 1. The molecule has 0 saturated carbocycles. The van der Waals surface area contributed by atoms with Gasteiger partial charge in [0.1, 0.15) is 0 Å². The van der Waals surface area contributed by atoms with Crippen molar-refractivity contribution in [2.24, 2.45) is 5.92 Å². The van der Waals surface area contributed by atoms with Crippen LogP contribution in [0.2, 0.25) is 0 Å². The van der Waals surface area contributed by atoms with Gasteiger partial charge < -0.3 is 5.11 Å². The minimum Gasteiger partial charge on any atom is -0.481 e. The van der Waals surface area contributed by atoms with Crippen molar-refractivity contribution in [3.8, 4) is 6.07 Å². The molecule has 1 atom stereocenters. The number of nitriles is 1. The van der Waals surface area contributed by atoms with Crippen LogP contribution in [0, 0.1) is 24.2 Å². The second kappa shape index (κ2) is 3.39. The highest BCUT2D eigenvalue weighted by atomic mass is 16.4. The van der Waals surface area contributed by atoms with Crippen molar-refractivity contribution in [2.45, 2.75) is 19.8 Å². The van der Waals surface area contributed by atoms with Crippen LogP contribution >= 0.6 is 0 Å². The van der Waals surface area contributed by atoms with E-state index in [0.29, 0.717) is 18.4 Å². The molecular formula is C12H11NO2. The molecule has 3 nitrogen and oxygen atoms in total. The zero-order valence-corrected chi connectivity index (χ0v) is 8.45. The van der Waals surface area contributed by atoms with Gasteiger partial charge in [-0.1, -0.05) is 6.07 Å². The van der Waals surface area contributed by atoms with E-state index in [0.717, 1.165) is 16.7 Å². The van der Waals surface area contributed by atoms with Crippen LogP contribution in [0.15, 0.2) is 12.1 Å². The first-order chi connectivity index (χ1) is 7.13. The van der Waals surface area contributed by atoms with Gasteiger partial charge in [-0.3, -0.25) is 4.79 Å². The highest BCUT2D eigenvalue weighted by molar-refractivity contribution is 5.72. The number of carbonyl (C=O) groups is 1. The van der Waals surface area contributed by atoms with E-state index in [9.17, 15) is 4.79 Å². The smallest absolute Gasteiger partial charge is 0.307 e. The van der Waals surface area contributed by atoms with E-state index in [1.165, 1.54) is 0 Å². The lowest BCUT2D eigenvalue weighted by Gasteiger charge is -2.04. The number of hydrogen-bond acceptors (Lipinski definition) is 2. The van der Waals surface area contributed by atoms with Gasteiger partial charge in [-0.15, -0.1) is 0 Å². The molecule has 0 fully saturated rings. The van der Waals surface area contributed by atoms with Crippen molar-refractivity contribution >= 4 is 5.97 Å². The highest BCUT2D eigenvalue weighted by Crippen LogP contribution is 2.30. The van der Waals surface area contributed by atoms with Crippen LogP contribution < -0.4 is 0 Å². The fraction of sp³-hybridized carbons (Fsp3) is 0.333. The summed E-state index contributed by atoms with van der Waals surface area (Å²) in [6.07, 6.45) is 1.16. The SMILES string of the molecule is Cc1c(C#N)ccc2c1C[C@H](C(=O)O)C2. The lowest BCUT2D eigenvalue weighted by Crippen LogP contribution is -2.13. The van der Waals surface area contributed by atoms with Crippen molar-refractivity contribution in [3.63, 3.8) is 0 Å². The van der Waals surface area contributed by atoms with Crippen LogP contribution in [0.1, 0.15) is 22.3 Å². The van der Waals surface area contributed by atoms with Gasteiger partial charge >= 0.3 is 5.97 Å². The minimum atomic E-state index is -0.746. The van der Waals surface area contributed by atoms with E-state index in [4.69, 9.17) is 10.4 Å². The predicted molar refractivity (Wildman–Crippen MR) is 54.4 cm³/mol. The molecule has 0 saturated heterocycles. The molecule has 1 aromatic carbocycles. The lowest BCUT2D eigenvalue weighted by molar-refractivity contribution is -0.141. The molecule has 2 rings (SSSR count). The number of carboxylic acids is 1. The molecule has 1 aliphatic rings. The van der Waals surface area contributed by atoms with Gasteiger partial charge in [-0.05, 0) is 42.5 Å². The van der Waals surface area contributed by atoms with Crippen molar-refractivity contribution in [2.75, 3.05) is 0 Å². The number of fused-ring (bicyclic) bond motifs is 1. The van der Waals surface area contributed by atoms with Gasteiger partial charge in [0.2, 0.25) is 0 Å². The Balaban J connectivity index is 2.44. The molecule has 0 radical (unpaired) electrons. The molecule has 15 heavy (non-hydrogen) atoms. The molecule has 0 amide bonds. The molecule has 1 aromatic rings. The van der Waals surface area contributed by atoms with Crippen LogP contribution in [0.3, 0.4) is 0 Å². The predicted octanol–water partition coefficient (Wildman–Crippen LogP) is 1.67. The first kappa shape index (κ1) is 9.72. The van der Waals surface area contributed by atoms with E-state index < -0.39 is 5.97 Å². The second-order valence-electron chi connectivity index (χ2n) is 3.93. The summed E-state index contributed by atoms with van der Waals surface area (Å²) in [5.74, 6) is -1.06. The Morgan fingerprint density at radius 3 is 2.87 bits per heavy atom. The van der Waals surface area contributed by atoms with E-state index >= 15 is 0 Å². The zero-order chi connectivity index (χ0) is 11.0. The van der Waals surface area contributed by atoms with Gasteiger partial charge in [0.05, 0.1) is 17.6 Å².